The van der Waals surface area contributed by atoms with Crippen LogP contribution < -0.4 is 0 Å². The molecule has 4 aromatic carbocycles. The third-order valence-corrected chi connectivity index (χ3v) is 6.31. The number of benzene rings is 4. The van der Waals surface area contributed by atoms with Crippen LogP contribution in [0.2, 0.25) is 0 Å². The second-order valence-corrected chi connectivity index (χ2v) is 8.49. The van der Waals surface area contributed by atoms with Crippen molar-refractivity contribution in [2.75, 3.05) is 0 Å². The molecule has 0 aliphatic heterocycles. The Balaban J connectivity index is 1.31. The average molecular weight is 453 g/mol. The molecule has 4 heteroatoms. The molecule has 0 bridgehead atoms. The van der Waals surface area contributed by atoms with Crippen molar-refractivity contribution in [1.29, 1.82) is 0 Å². The fourth-order valence-electron chi connectivity index (χ4n) is 4.55. The second-order valence-electron chi connectivity index (χ2n) is 8.49. The topological polar surface area (TPSA) is 35.6 Å². The minimum absolute atomic E-state index is 0.855. The Morgan fingerprint density at radius 2 is 0.886 bits per heavy atom. The van der Waals surface area contributed by atoms with Gasteiger partial charge in [0.05, 0.1) is 11.4 Å². The Labute approximate surface area is 204 Å². The van der Waals surface area contributed by atoms with Crippen molar-refractivity contribution in [1.82, 2.24) is 19.6 Å². The van der Waals surface area contributed by atoms with Crippen LogP contribution in [0.4, 0.5) is 0 Å². The van der Waals surface area contributed by atoms with E-state index in [-0.39, 0.29) is 0 Å². The first kappa shape index (κ1) is 20.9. The van der Waals surface area contributed by atoms with Gasteiger partial charge in [-0.1, -0.05) is 72.8 Å². The van der Waals surface area contributed by atoms with Gasteiger partial charge in [-0.3, -0.25) is 0 Å². The summed E-state index contributed by atoms with van der Waals surface area (Å²) in [4.78, 5) is 0. The van der Waals surface area contributed by atoms with Gasteiger partial charge in [0.1, 0.15) is 0 Å². The average Bonchev–Trinajstić information content (AvgIpc) is 3.65. The van der Waals surface area contributed by atoms with Crippen molar-refractivity contribution in [3.63, 3.8) is 0 Å². The van der Waals surface area contributed by atoms with Crippen LogP contribution in [0, 0.1) is 0 Å². The smallest absolute Gasteiger partial charge is 0.0645 e. The summed E-state index contributed by atoms with van der Waals surface area (Å²) in [6.45, 7) is 0. The first-order valence-corrected chi connectivity index (χ1v) is 11.7. The molecule has 35 heavy (non-hydrogen) atoms. The lowest BCUT2D eigenvalue weighted by atomic mass is 9.91. The fraction of sp³-hybridized carbons (Fsp3) is 0.0323. The normalized spacial score (nSPS) is 11.0. The molecule has 0 amide bonds. The fourth-order valence-corrected chi connectivity index (χ4v) is 4.55. The summed E-state index contributed by atoms with van der Waals surface area (Å²) in [5.74, 6) is 0. The van der Waals surface area contributed by atoms with Gasteiger partial charge >= 0.3 is 0 Å². The largest absolute Gasteiger partial charge is 0.241 e. The van der Waals surface area contributed by atoms with E-state index in [0.717, 1.165) is 17.8 Å². The maximum atomic E-state index is 4.33. The molecule has 168 valence electrons. The Kier molecular flexibility index (Phi) is 5.53. The van der Waals surface area contributed by atoms with Crippen LogP contribution in [-0.2, 0) is 6.42 Å². The molecule has 2 aromatic heterocycles. The molecule has 0 aliphatic carbocycles. The van der Waals surface area contributed by atoms with Crippen molar-refractivity contribution in [3.05, 3.63) is 145 Å². The van der Waals surface area contributed by atoms with Gasteiger partial charge in [-0.15, -0.1) is 0 Å². The molecule has 0 saturated carbocycles. The zero-order chi connectivity index (χ0) is 23.5. The Bertz CT molecular complexity index is 1410. The first-order valence-electron chi connectivity index (χ1n) is 11.7. The summed E-state index contributed by atoms with van der Waals surface area (Å²) in [6, 6.07) is 38.4. The highest BCUT2D eigenvalue weighted by Gasteiger charge is 2.10. The Morgan fingerprint density at radius 3 is 1.29 bits per heavy atom. The van der Waals surface area contributed by atoms with E-state index in [9.17, 15) is 0 Å². The minimum Gasteiger partial charge on any atom is -0.241 e. The zero-order valence-corrected chi connectivity index (χ0v) is 19.2. The summed E-state index contributed by atoms with van der Waals surface area (Å²) in [5.41, 5.74) is 9.64. The van der Waals surface area contributed by atoms with Crippen molar-refractivity contribution < 1.29 is 0 Å². The van der Waals surface area contributed by atoms with Gasteiger partial charge in [0.25, 0.3) is 0 Å². The lowest BCUT2D eigenvalue weighted by Crippen LogP contribution is -1.97. The molecule has 0 radical (unpaired) electrons. The third kappa shape index (κ3) is 4.30. The lowest BCUT2D eigenvalue weighted by Gasteiger charge is -2.14. The lowest BCUT2D eigenvalue weighted by molar-refractivity contribution is 0.881. The standard InChI is InChI=1S/C31H24N4/c1-3-9-30(24-11-15-28(16-12-24)34-21-5-19-32-34)26(7-1)23-27-8-2-4-10-31(27)25-13-17-29(18-14-25)35-22-6-20-33-35/h1-22H,23H2. The molecular formula is C31H24N4. The van der Waals surface area contributed by atoms with E-state index in [2.05, 4.69) is 107 Å². The molecule has 6 aromatic rings. The first-order chi connectivity index (χ1) is 17.3. The zero-order valence-electron chi connectivity index (χ0n) is 19.2. The molecule has 0 N–H and O–H groups in total. The molecular weight excluding hydrogens is 428 g/mol. The van der Waals surface area contributed by atoms with Crippen molar-refractivity contribution in [2.24, 2.45) is 0 Å². The van der Waals surface area contributed by atoms with Crippen LogP contribution in [0.15, 0.2) is 134 Å². The second kappa shape index (κ2) is 9.27. The van der Waals surface area contributed by atoms with Crippen LogP contribution in [0.5, 0.6) is 0 Å². The van der Waals surface area contributed by atoms with Crippen LogP contribution >= 0.6 is 0 Å². The third-order valence-electron chi connectivity index (χ3n) is 6.31. The molecule has 2 heterocycles. The number of rotatable bonds is 6. The Hall–Kier alpha value is -4.70. The van der Waals surface area contributed by atoms with Crippen LogP contribution in [0.1, 0.15) is 11.1 Å². The van der Waals surface area contributed by atoms with E-state index in [4.69, 9.17) is 0 Å². The number of hydrogen-bond donors (Lipinski definition) is 0. The van der Waals surface area contributed by atoms with Crippen LogP contribution in [0.3, 0.4) is 0 Å². The van der Waals surface area contributed by atoms with E-state index in [1.807, 2.05) is 33.9 Å². The number of hydrogen-bond acceptors (Lipinski definition) is 2. The maximum absolute atomic E-state index is 4.33. The van der Waals surface area contributed by atoms with Gasteiger partial charge in [0, 0.05) is 24.8 Å². The monoisotopic (exact) mass is 452 g/mol. The summed E-state index contributed by atoms with van der Waals surface area (Å²) in [7, 11) is 0. The molecule has 0 aliphatic rings. The van der Waals surface area contributed by atoms with Crippen LogP contribution in [-0.4, -0.2) is 19.6 Å². The summed E-state index contributed by atoms with van der Waals surface area (Å²) < 4.78 is 3.76. The van der Waals surface area contributed by atoms with Gasteiger partial charge in [-0.05, 0) is 76.2 Å². The SMILES string of the molecule is c1ccc(-c2ccc(-n3cccn3)cc2)c(Cc2ccccc2-c2ccc(-n3cccn3)cc2)c1. The van der Waals surface area contributed by atoms with E-state index < -0.39 is 0 Å². The molecule has 0 atom stereocenters. The predicted molar refractivity (Wildman–Crippen MR) is 141 cm³/mol. The van der Waals surface area contributed by atoms with Crippen LogP contribution in [0.25, 0.3) is 33.6 Å². The van der Waals surface area contributed by atoms with E-state index in [1.165, 1.54) is 33.4 Å². The maximum Gasteiger partial charge on any atom is 0.0645 e. The van der Waals surface area contributed by atoms with Crippen molar-refractivity contribution in [2.45, 2.75) is 6.42 Å². The molecule has 0 unspecified atom stereocenters. The van der Waals surface area contributed by atoms with E-state index >= 15 is 0 Å². The highest BCUT2D eigenvalue weighted by Crippen LogP contribution is 2.31. The molecule has 6 rings (SSSR count). The van der Waals surface area contributed by atoms with Gasteiger partial charge < -0.3 is 0 Å². The highest BCUT2D eigenvalue weighted by atomic mass is 15.3. The predicted octanol–water partition coefficient (Wildman–Crippen LogP) is 6.98. The molecule has 0 spiro atoms. The van der Waals surface area contributed by atoms with E-state index in [0.29, 0.717) is 0 Å². The van der Waals surface area contributed by atoms with Crippen molar-refractivity contribution >= 4 is 0 Å². The van der Waals surface area contributed by atoms with E-state index in [1.54, 1.807) is 12.4 Å². The molecule has 4 nitrogen and oxygen atoms in total. The number of nitrogens with zero attached hydrogens (tertiary/aromatic N) is 4. The highest BCUT2D eigenvalue weighted by molar-refractivity contribution is 5.72. The summed E-state index contributed by atoms with van der Waals surface area (Å²) in [5, 5.41) is 8.66. The summed E-state index contributed by atoms with van der Waals surface area (Å²) >= 11 is 0. The quantitative estimate of drug-likeness (QED) is 0.273. The van der Waals surface area contributed by atoms with Gasteiger partial charge in [-0.25, -0.2) is 9.36 Å². The van der Waals surface area contributed by atoms with Crippen molar-refractivity contribution in [3.8, 4) is 33.6 Å². The number of aromatic nitrogens is 4. The molecule has 0 fully saturated rings. The molecule has 0 saturated heterocycles. The van der Waals surface area contributed by atoms with Gasteiger partial charge in [0.15, 0.2) is 0 Å². The summed E-state index contributed by atoms with van der Waals surface area (Å²) in [6.07, 6.45) is 8.37. The Morgan fingerprint density at radius 1 is 0.457 bits per heavy atom. The minimum atomic E-state index is 0.855. The van der Waals surface area contributed by atoms with Gasteiger partial charge in [-0.2, -0.15) is 10.2 Å². The van der Waals surface area contributed by atoms with Gasteiger partial charge in [0.2, 0.25) is 0 Å².